The molecule has 1 aliphatic rings. The number of H-pyrrole nitrogens is 1. The molecular formula is C16H12F4N4O. The molecule has 130 valence electrons. The maximum atomic E-state index is 14.2. The number of hydrogen-bond donors (Lipinski definition) is 1. The summed E-state index contributed by atoms with van der Waals surface area (Å²) in [4.78, 5) is 4.29. The van der Waals surface area contributed by atoms with Crippen LogP contribution in [0, 0.1) is 12.7 Å². The molecule has 0 radical (unpaired) electrons. The maximum absolute atomic E-state index is 14.2. The van der Waals surface area contributed by atoms with Crippen molar-refractivity contribution in [2.75, 3.05) is 0 Å². The predicted octanol–water partition coefficient (Wildman–Crippen LogP) is 4.47. The largest absolute Gasteiger partial charge is 0.440 e. The van der Waals surface area contributed by atoms with E-state index in [0.717, 1.165) is 25.0 Å². The quantitative estimate of drug-likeness (QED) is 0.706. The van der Waals surface area contributed by atoms with E-state index in [9.17, 15) is 17.6 Å². The van der Waals surface area contributed by atoms with Gasteiger partial charge in [0.15, 0.2) is 0 Å². The van der Waals surface area contributed by atoms with E-state index in [-0.39, 0.29) is 17.4 Å². The third kappa shape index (κ3) is 2.79. The molecule has 4 rings (SSSR count). The van der Waals surface area contributed by atoms with E-state index in [4.69, 9.17) is 4.42 Å². The fourth-order valence-electron chi connectivity index (χ4n) is 2.61. The van der Waals surface area contributed by atoms with Gasteiger partial charge < -0.3 is 4.42 Å². The number of nitrogens with one attached hydrogen (secondary N) is 1. The molecule has 0 amide bonds. The molecule has 0 aliphatic heterocycles. The number of aromatic amines is 1. The number of oxazole rings is 1. The second kappa shape index (κ2) is 5.40. The van der Waals surface area contributed by atoms with Gasteiger partial charge in [0.1, 0.15) is 23.0 Å². The molecule has 1 N–H and O–H groups in total. The minimum atomic E-state index is -4.61. The molecule has 1 saturated carbocycles. The summed E-state index contributed by atoms with van der Waals surface area (Å²) >= 11 is 0. The summed E-state index contributed by atoms with van der Waals surface area (Å²) in [6, 6.07) is 2.28. The SMILES string of the molecule is Cc1n[nH]nc1-c1nc(-c2ccc(C(F)(F)F)cc2F)oc1C1CC1. The van der Waals surface area contributed by atoms with E-state index in [1.165, 1.54) is 0 Å². The molecule has 25 heavy (non-hydrogen) atoms. The second-order valence-corrected chi connectivity index (χ2v) is 5.96. The Labute approximate surface area is 139 Å². The van der Waals surface area contributed by atoms with Crippen LogP contribution in [-0.2, 0) is 6.18 Å². The number of benzene rings is 1. The van der Waals surface area contributed by atoms with Crippen LogP contribution in [0.25, 0.3) is 22.8 Å². The first-order valence-corrected chi connectivity index (χ1v) is 7.60. The number of aromatic nitrogens is 4. The van der Waals surface area contributed by atoms with E-state index in [1.54, 1.807) is 6.92 Å². The Bertz CT molecular complexity index is 940. The zero-order valence-corrected chi connectivity index (χ0v) is 13.0. The highest BCUT2D eigenvalue weighted by molar-refractivity contribution is 5.65. The van der Waals surface area contributed by atoms with Crippen molar-refractivity contribution in [3.8, 4) is 22.8 Å². The molecule has 2 aromatic heterocycles. The summed E-state index contributed by atoms with van der Waals surface area (Å²) in [5.74, 6) is -0.386. The highest BCUT2D eigenvalue weighted by Crippen LogP contribution is 2.46. The monoisotopic (exact) mass is 352 g/mol. The van der Waals surface area contributed by atoms with Gasteiger partial charge in [-0.2, -0.15) is 28.6 Å². The van der Waals surface area contributed by atoms with Gasteiger partial charge in [0.25, 0.3) is 0 Å². The Morgan fingerprint density at radius 3 is 2.48 bits per heavy atom. The van der Waals surface area contributed by atoms with Gasteiger partial charge in [-0.3, -0.25) is 0 Å². The van der Waals surface area contributed by atoms with E-state index in [2.05, 4.69) is 20.4 Å². The molecule has 0 atom stereocenters. The molecule has 0 unspecified atom stereocenters. The van der Waals surface area contributed by atoms with Crippen LogP contribution in [-0.4, -0.2) is 20.4 Å². The third-order valence-corrected chi connectivity index (χ3v) is 4.07. The van der Waals surface area contributed by atoms with Crippen molar-refractivity contribution in [2.24, 2.45) is 0 Å². The Morgan fingerprint density at radius 1 is 1.16 bits per heavy atom. The number of rotatable bonds is 3. The van der Waals surface area contributed by atoms with Crippen LogP contribution >= 0.6 is 0 Å². The Kier molecular flexibility index (Phi) is 3.41. The molecule has 1 fully saturated rings. The van der Waals surface area contributed by atoms with Crippen LogP contribution in [0.1, 0.15) is 35.8 Å². The second-order valence-electron chi connectivity index (χ2n) is 5.96. The maximum Gasteiger partial charge on any atom is 0.416 e. The van der Waals surface area contributed by atoms with Crippen molar-refractivity contribution < 1.29 is 22.0 Å². The smallest absolute Gasteiger partial charge is 0.416 e. The van der Waals surface area contributed by atoms with Crippen LogP contribution < -0.4 is 0 Å². The number of nitrogens with zero attached hydrogens (tertiary/aromatic N) is 3. The number of alkyl halides is 3. The van der Waals surface area contributed by atoms with E-state index in [1.807, 2.05) is 0 Å². The lowest BCUT2D eigenvalue weighted by Crippen LogP contribution is -2.05. The molecule has 3 aromatic rings. The molecule has 2 heterocycles. The summed E-state index contributed by atoms with van der Waals surface area (Å²) < 4.78 is 58.0. The third-order valence-electron chi connectivity index (χ3n) is 4.07. The molecule has 1 aliphatic carbocycles. The van der Waals surface area contributed by atoms with Gasteiger partial charge in [0, 0.05) is 5.92 Å². The average Bonchev–Trinajstić information content (AvgIpc) is 3.16. The van der Waals surface area contributed by atoms with Crippen molar-refractivity contribution in [3.63, 3.8) is 0 Å². The van der Waals surface area contributed by atoms with Gasteiger partial charge in [-0.1, -0.05) is 0 Å². The van der Waals surface area contributed by atoms with E-state index >= 15 is 0 Å². The van der Waals surface area contributed by atoms with Gasteiger partial charge in [-0.25, -0.2) is 9.37 Å². The van der Waals surface area contributed by atoms with Crippen molar-refractivity contribution >= 4 is 0 Å². The van der Waals surface area contributed by atoms with Crippen LogP contribution in [0.15, 0.2) is 22.6 Å². The zero-order chi connectivity index (χ0) is 17.8. The van der Waals surface area contributed by atoms with E-state index in [0.29, 0.717) is 28.9 Å². The molecule has 1 aromatic carbocycles. The number of halogens is 4. The summed E-state index contributed by atoms with van der Waals surface area (Å²) in [5.41, 5.74) is 0.361. The number of aryl methyl sites for hydroxylation is 1. The first-order chi connectivity index (χ1) is 11.8. The Balaban J connectivity index is 1.81. The van der Waals surface area contributed by atoms with Gasteiger partial charge >= 0.3 is 6.18 Å². The Morgan fingerprint density at radius 2 is 1.92 bits per heavy atom. The van der Waals surface area contributed by atoms with Gasteiger partial charge in [-0.05, 0) is 38.0 Å². The summed E-state index contributed by atoms with van der Waals surface area (Å²) in [5, 5.41) is 10.5. The minimum absolute atomic E-state index is 0.0643. The predicted molar refractivity (Wildman–Crippen MR) is 79.0 cm³/mol. The normalized spacial score (nSPS) is 14.9. The van der Waals surface area contributed by atoms with Gasteiger partial charge in [-0.15, -0.1) is 0 Å². The topological polar surface area (TPSA) is 67.6 Å². The number of hydrogen-bond acceptors (Lipinski definition) is 4. The lowest BCUT2D eigenvalue weighted by molar-refractivity contribution is -0.137. The van der Waals surface area contributed by atoms with Crippen molar-refractivity contribution in [1.29, 1.82) is 0 Å². The van der Waals surface area contributed by atoms with Crippen molar-refractivity contribution in [3.05, 3.63) is 41.0 Å². The molecule has 0 bridgehead atoms. The molecule has 5 nitrogen and oxygen atoms in total. The summed E-state index contributed by atoms with van der Waals surface area (Å²) in [6.45, 7) is 1.74. The highest BCUT2D eigenvalue weighted by atomic mass is 19.4. The van der Waals surface area contributed by atoms with E-state index < -0.39 is 17.6 Å². The van der Waals surface area contributed by atoms with Crippen LogP contribution in [0.2, 0.25) is 0 Å². The summed E-state index contributed by atoms with van der Waals surface area (Å²) in [6.07, 6.45) is -2.79. The molecule has 0 spiro atoms. The van der Waals surface area contributed by atoms with Crippen LogP contribution in [0.5, 0.6) is 0 Å². The molecule has 0 saturated heterocycles. The summed E-state index contributed by atoms with van der Waals surface area (Å²) in [7, 11) is 0. The fraction of sp³-hybridized carbons (Fsp3) is 0.312. The van der Waals surface area contributed by atoms with Crippen molar-refractivity contribution in [1.82, 2.24) is 20.4 Å². The minimum Gasteiger partial charge on any atom is -0.440 e. The standard InChI is InChI=1S/C16H12F4N4O/c1-7-12(23-24-22-7)13-14(8-2-3-8)25-15(21-13)10-5-4-9(6-11(10)17)16(18,19)20/h4-6,8H,2-3H2,1H3,(H,22,23,24). The Hall–Kier alpha value is -2.71. The van der Waals surface area contributed by atoms with Gasteiger partial charge in [0.2, 0.25) is 5.89 Å². The average molecular weight is 352 g/mol. The fourth-order valence-corrected chi connectivity index (χ4v) is 2.61. The van der Waals surface area contributed by atoms with Crippen LogP contribution in [0.3, 0.4) is 0 Å². The van der Waals surface area contributed by atoms with Crippen molar-refractivity contribution in [2.45, 2.75) is 31.9 Å². The molecular weight excluding hydrogens is 340 g/mol. The highest BCUT2D eigenvalue weighted by Gasteiger charge is 2.35. The first kappa shape index (κ1) is 15.8. The lowest BCUT2D eigenvalue weighted by atomic mass is 10.1. The lowest BCUT2D eigenvalue weighted by Gasteiger charge is -2.07. The van der Waals surface area contributed by atoms with Crippen LogP contribution in [0.4, 0.5) is 17.6 Å². The first-order valence-electron chi connectivity index (χ1n) is 7.60. The molecule has 9 heteroatoms. The van der Waals surface area contributed by atoms with Gasteiger partial charge in [0.05, 0.1) is 16.8 Å². The zero-order valence-electron chi connectivity index (χ0n) is 13.0.